The Hall–Kier alpha value is -3.02. The van der Waals surface area contributed by atoms with Crippen LogP contribution in [0.1, 0.15) is 28.9 Å². The number of benzene rings is 1. The van der Waals surface area contributed by atoms with Gasteiger partial charge in [0, 0.05) is 62.0 Å². The molecule has 0 unspecified atom stereocenters. The SMILES string of the molecule is Cc1cc(OC2CCN(C(=O)c3ccc4cc[nH]c4c3)CC2)cc(=O)n1C. The number of carbonyl (C=O) groups excluding carboxylic acids is 1. The zero-order valence-electron chi connectivity index (χ0n) is 15.6. The fraction of sp³-hybridized carbons (Fsp3) is 0.333. The number of hydrogen-bond donors (Lipinski definition) is 1. The summed E-state index contributed by atoms with van der Waals surface area (Å²) < 4.78 is 7.59. The minimum Gasteiger partial charge on any atom is -0.490 e. The van der Waals surface area contributed by atoms with Gasteiger partial charge in [0.1, 0.15) is 11.9 Å². The molecule has 1 N–H and O–H groups in total. The minimum absolute atomic E-state index is 0.0199. The lowest BCUT2D eigenvalue weighted by atomic mass is 10.1. The van der Waals surface area contributed by atoms with Gasteiger partial charge in [0.25, 0.3) is 11.5 Å². The molecule has 6 heteroatoms. The number of amides is 1. The number of rotatable bonds is 3. The number of aryl methyl sites for hydroxylation is 1. The molecule has 140 valence electrons. The van der Waals surface area contributed by atoms with Crippen LogP contribution in [0.4, 0.5) is 0 Å². The third-order valence-electron chi connectivity index (χ3n) is 5.31. The second-order valence-electron chi connectivity index (χ2n) is 7.12. The second kappa shape index (κ2) is 6.95. The summed E-state index contributed by atoms with van der Waals surface area (Å²) >= 11 is 0. The maximum absolute atomic E-state index is 12.8. The molecule has 2 aromatic heterocycles. The van der Waals surface area contributed by atoms with Crippen molar-refractivity contribution in [2.24, 2.45) is 7.05 Å². The summed E-state index contributed by atoms with van der Waals surface area (Å²) in [5.74, 6) is 0.659. The number of piperidine rings is 1. The van der Waals surface area contributed by atoms with Crippen molar-refractivity contribution in [3.63, 3.8) is 0 Å². The van der Waals surface area contributed by atoms with Gasteiger partial charge in [-0.25, -0.2) is 0 Å². The summed E-state index contributed by atoms with van der Waals surface area (Å²) in [5, 5.41) is 1.10. The molecule has 4 rings (SSSR count). The first kappa shape index (κ1) is 17.4. The number of aromatic amines is 1. The molecule has 0 saturated carbocycles. The van der Waals surface area contributed by atoms with Crippen molar-refractivity contribution in [1.29, 1.82) is 0 Å². The van der Waals surface area contributed by atoms with Crippen LogP contribution in [-0.4, -0.2) is 39.6 Å². The summed E-state index contributed by atoms with van der Waals surface area (Å²) in [5.41, 5.74) is 2.47. The van der Waals surface area contributed by atoms with Crippen molar-refractivity contribution in [2.75, 3.05) is 13.1 Å². The number of nitrogens with one attached hydrogen (secondary N) is 1. The zero-order valence-corrected chi connectivity index (χ0v) is 15.6. The Bertz CT molecular complexity index is 1040. The van der Waals surface area contributed by atoms with Crippen molar-refractivity contribution in [3.05, 3.63) is 64.2 Å². The van der Waals surface area contributed by atoms with Crippen molar-refractivity contribution < 1.29 is 9.53 Å². The Balaban J connectivity index is 1.39. The molecule has 1 aliphatic rings. The molecule has 1 aromatic carbocycles. The van der Waals surface area contributed by atoms with E-state index in [-0.39, 0.29) is 17.6 Å². The highest BCUT2D eigenvalue weighted by Crippen LogP contribution is 2.21. The average Bonchev–Trinajstić information content (AvgIpc) is 3.14. The summed E-state index contributed by atoms with van der Waals surface area (Å²) in [7, 11) is 1.75. The monoisotopic (exact) mass is 365 g/mol. The number of ether oxygens (including phenoxy) is 1. The molecule has 0 atom stereocenters. The van der Waals surface area contributed by atoms with Crippen LogP contribution in [0.3, 0.4) is 0 Å². The van der Waals surface area contributed by atoms with E-state index in [1.165, 1.54) is 6.07 Å². The van der Waals surface area contributed by atoms with Gasteiger partial charge in [-0.1, -0.05) is 6.07 Å². The minimum atomic E-state index is -0.0719. The molecule has 1 saturated heterocycles. The Labute approximate surface area is 157 Å². The maximum atomic E-state index is 12.8. The van der Waals surface area contributed by atoms with E-state index in [1.807, 2.05) is 48.4 Å². The second-order valence-corrected chi connectivity index (χ2v) is 7.12. The number of aromatic nitrogens is 2. The molecular weight excluding hydrogens is 342 g/mol. The van der Waals surface area contributed by atoms with E-state index in [2.05, 4.69) is 4.98 Å². The standard InChI is InChI=1S/C21H23N3O3/c1-14-11-18(13-20(25)23(14)2)27-17-6-9-24(10-7-17)21(26)16-4-3-15-5-8-22-19(15)12-16/h3-5,8,11-13,17,22H,6-7,9-10H2,1-2H3. The summed E-state index contributed by atoms with van der Waals surface area (Å²) in [6.07, 6.45) is 3.40. The quantitative estimate of drug-likeness (QED) is 0.776. The van der Waals surface area contributed by atoms with Crippen LogP contribution in [0, 0.1) is 6.92 Å². The first-order valence-electron chi connectivity index (χ1n) is 9.22. The molecule has 0 spiro atoms. The zero-order chi connectivity index (χ0) is 19.0. The Kier molecular flexibility index (Phi) is 4.48. The van der Waals surface area contributed by atoms with Crippen LogP contribution < -0.4 is 10.3 Å². The molecule has 0 aliphatic carbocycles. The van der Waals surface area contributed by atoms with E-state index in [4.69, 9.17) is 4.74 Å². The maximum Gasteiger partial charge on any atom is 0.254 e. The highest BCUT2D eigenvalue weighted by atomic mass is 16.5. The van der Waals surface area contributed by atoms with Crippen LogP contribution in [-0.2, 0) is 7.05 Å². The van der Waals surface area contributed by atoms with Crippen LogP contribution >= 0.6 is 0 Å². The third-order valence-corrected chi connectivity index (χ3v) is 5.31. The highest BCUT2D eigenvalue weighted by Gasteiger charge is 2.25. The first-order chi connectivity index (χ1) is 13.0. The topological polar surface area (TPSA) is 67.3 Å². The van der Waals surface area contributed by atoms with Gasteiger partial charge < -0.3 is 19.2 Å². The normalized spacial score (nSPS) is 15.3. The summed E-state index contributed by atoms with van der Waals surface area (Å²) in [6, 6.07) is 11.1. The van der Waals surface area contributed by atoms with Crippen LogP contribution in [0.15, 0.2) is 47.4 Å². The van der Waals surface area contributed by atoms with Gasteiger partial charge in [0.05, 0.1) is 0 Å². The van der Waals surface area contributed by atoms with E-state index in [1.54, 1.807) is 11.6 Å². The predicted octanol–water partition coefficient (Wildman–Crippen LogP) is 2.86. The van der Waals surface area contributed by atoms with Crippen molar-refractivity contribution in [3.8, 4) is 5.75 Å². The molecule has 6 nitrogen and oxygen atoms in total. The van der Waals surface area contributed by atoms with Crippen LogP contribution in [0.25, 0.3) is 10.9 Å². The number of carbonyl (C=O) groups is 1. The number of likely N-dealkylation sites (tertiary alicyclic amines) is 1. The van der Waals surface area contributed by atoms with Crippen LogP contribution in [0.2, 0.25) is 0 Å². The molecule has 3 heterocycles. The van der Waals surface area contributed by atoms with Gasteiger partial charge in [-0.15, -0.1) is 0 Å². The molecule has 1 aliphatic heterocycles. The number of H-pyrrole nitrogens is 1. The lowest BCUT2D eigenvalue weighted by Crippen LogP contribution is -2.41. The smallest absolute Gasteiger partial charge is 0.254 e. The van der Waals surface area contributed by atoms with Gasteiger partial charge >= 0.3 is 0 Å². The Morgan fingerprint density at radius 2 is 1.93 bits per heavy atom. The fourth-order valence-corrected chi connectivity index (χ4v) is 3.54. The first-order valence-corrected chi connectivity index (χ1v) is 9.22. The van der Waals surface area contributed by atoms with Gasteiger partial charge in [-0.2, -0.15) is 0 Å². The van der Waals surface area contributed by atoms with E-state index in [0.717, 1.165) is 29.4 Å². The molecule has 1 amide bonds. The lowest BCUT2D eigenvalue weighted by Gasteiger charge is -2.32. The van der Waals surface area contributed by atoms with Crippen LogP contribution in [0.5, 0.6) is 5.75 Å². The van der Waals surface area contributed by atoms with E-state index < -0.39 is 0 Å². The summed E-state index contributed by atoms with van der Waals surface area (Å²) in [4.78, 5) is 29.7. The number of nitrogens with zero attached hydrogens (tertiary/aromatic N) is 2. The van der Waals surface area contributed by atoms with Crippen molar-refractivity contribution >= 4 is 16.8 Å². The molecule has 27 heavy (non-hydrogen) atoms. The van der Waals surface area contributed by atoms with E-state index in [0.29, 0.717) is 24.4 Å². The van der Waals surface area contributed by atoms with E-state index >= 15 is 0 Å². The highest BCUT2D eigenvalue weighted by molar-refractivity contribution is 5.98. The number of pyridine rings is 1. The molecule has 0 bridgehead atoms. The molecule has 3 aromatic rings. The van der Waals surface area contributed by atoms with Crippen molar-refractivity contribution in [1.82, 2.24) is 14.5 Å². The lowest BCUT2D eigenvalue weighted by molar-refractivity contribution is 0.0595. The number of fused-ring (bicyclic) bond motifs is 1. The largest absolute Gasteiger partial charge is 0.490 e. The van der Waals surface area contributed by atoms with Gasteiger partial charge in [-0.05, 0) is 36.6 Å². The Morgan fingerprint density at radius 3 is 2.67 bits per heavy atom. The number of hydrogen-bond acceptors (Lipinski definition) is 3. The third kappa shape index (κ3) is 3.47. The van der Waals surface area contributed by atoms with Crippen molar-refractivity contribution in [2.45, 2.75) is 25.9 Å². The fourth-order valence-electron chi connectivity index (χ4n) is 3.54. The van der Waals surface area contributed by atoms with Gasteiger partial charge in [0.2, 0.25) is 0 Å². The molecule has 1 fully saturated rings. The van der Waals surface area contributed by atoms with E-state index in [9.17, 15) is 9.59 Å². The summed E-state index contributed by atoms with van der Waals surface area (Å²) in [6.45, 7) is 3.18. The molecular formula is C21H23N3O3. The predicted molar refractivity (Wildman–Crippen MR) is 104 cm³/mol. The average molecular weight is 365 g/mol. The molecule has 0 radical (unpaired) electrons. The van der Waals surface area contributed by atoms with Gasteiger partial charge in [-0.3, -0.25) is 9.59 Å². The van der Waals surface area contributed by atoms with Gasteiger partial charge in [0.15, 0.2) is 0 Å². The Morgan fingerprint density at radius 1 is 1.15 bits per heavy atom.